The van der Waals surface area contributed by atoms with Gasteiger partial charge in [-0.1, -0.05) is 15.9 Å². The van der Waals surface area contributed by atoms with Gasteiger partial charge in [0.15, 0.2) is 5.54 Å². The van der Waals surface area contributed by atoms with Gasteiger partial charge in [0.2, 0.25) is 0 Å². The molecular weight excluding hydrogens is 352 g/mol. The van der Waals surface area contributed by atoms with E-state index in [1.54, 1.807) is 6.07 Å². The number of imide groups is 1. The molecule has 3 aliphatic rings. The topological polar surface area (TPSA) is 76.7 Å². The maximum absolute atomic E-state index is 12.7. The van der Waals surface area contributed by atoms with Crippen molar-refractivity contribution in [2.75, 3.05) is 6.61 Å². The first-order valence-electron chi connectivity index (χ1n) is 7.20. The third-order valence-electron chi connectivity index (χ3n) is 4.66. The molecule has 0 saturated carbocycles. The van der Waals surface area contributed by atoms with Gasteiger partial charge in [-0.2, -0.15) is 0 Å². The molecule has 4 rings (SSSR count). The number of nitrogens with one attached hydrogen (secondary N) is 2. The van der Waals surface area contributed by atoms with Crippen LogP contribution in [0.1, 0.15) is 25.3 Å². The molecule has 7 heteroatoms. The fourth-order valence-electron chi connectivity index (χ4n) is 3.75. The fourth-order valence-corrected chi connectivity index (χ4v) is 4.12. The highest BCUT2D eigenvalue weighted by Crippen LogP contribution is 2.50. The van der Waals surface area contributed by atoms with Crippen LogP contribution in [0.25, 0.3) is 0 Å². The Kier molecular flexibility index (Phi) is 2.84. The van der Waals surface area contributed by atoms with Crippen molar-refractivity contribution in [3.63, 3.8) is 0 Å². The predicted molar refractivity (Wildman–Crippen MR) is 80.5 cm³/mol. The maximum atomic E-state index is 12.7. The quantitative estimate of drug-likeness (QED) is 0.686. The predicted octanol–water partition coefficient (Wildman–Crippen LogP) is 1.81. The summed E-state index contributed by atoms with van der Waals surface area (Å²) in [6, 6.07) is 4.97. The highest BCUT2D eigenvalue weighted by molar-refractivity contribution is 9.10. The lowest BCUT2D eigenvalue weighted by molar-refractivity contribution is -0.175. The molecule has 2 N–H and O–H groups in total. The molecule has 3 heterocycles. The number of carbonyl (C=O) groups excluding carboxylic acids is 2. The van der Waals surface area contributed by atoms with Crippen molar-refractivity contribution >= 4 is 27.9 Å². The number of ether oxygens (including phenoxy) is 2. The summed E-state index contributed by atoms with van der Waals surface area (Å²) in [7, 11) is 0. The molecule has 1 spiro atoms. The van der Waals surface area contributed by atoms with Crippen LogP contribution in [0.5, 0.6) is 5.75 Å². The molecule has 3 atom stereocenters. The minimum Gasteiger partial charge on any atom is -0.484 e. The summed E-state index contributed by atoms with van der Waals surface area (Å²) in [5.41, 5.74) is -1.29. The van der Waals surface area contributed by atoms with E-state index in [4.69, 9.17) is 9.47 Å². The number of hydrogen-bond acceptors (Lipinski definition) is 4. The van der Waals surface area contributed by atoms with Crippen molar-refractivity contribution in [3.8, 4) is 5.75 Å². The van der Waals surface area contributed by atoms with Crippen molar-refractivity contribution < 1.29 is 19.1 Å². The van der Waals surface area contributed by atoms with Crippen LogP contribution in [0.2, 0.25) is 0 Å². The Morgan fingerprint density at radius 3 is 2.91 bits per heavy atom. The van der Waals surface area contributed by atoms with Gasteiger partial charge in [-0.25, -0.2) is 4.79 Å². The van der Waals surface area contributed by atoms with Crippen LogP contribution in [-0.4, -0.2) is 30.3 Å². The second-order valence-electron chi connectivity index (χ2n) is 6.13. The van der Waals surface area contributed by atoms with Gasteiger partial charge in [-0.3, -0.25) is 10.1 Å². The van der Waals surface area contributed by atoms with E-state index in [9.17, 15) is 9.59 Å². The number of carbonyl (C=O) groups is 2. The summed E-state index contributed by atoms with van der Waals surface area (Å²) in [5, 5.41) is 5.15. The minimum atomic E-state index is -1.25. The molecule has 3 amide bonds. The highest BCUT2D eigenvalue weighted by atomic mass is 79.9. The minimum absolute atomic E-state index is 0.390. The van der Waals surface area contributed by atoms with Crippen LogP contribution in [-0.2, 0) is 15.1 Å². The molecule has 0 bridgehead atoms. The SMILES string of the molecule is C[C@@]12CCCO[C@@H]1[C@@]1(NC(=O)NC1=O)c1cc(Br)ccc1O2. The zero-order chi connectivity index (χ0) is 15.5. The van der Waals surface area contributed by atoms with E-state index in [2.05, 4.69) is 26.6 Å². The van der Waals surface area contributed by atoms with Crippen molar-refractivity contribution in [2.24, 2.45) is 0 Å². The Bertz CT molecular complexity index is 694. The standard InChI is InChI=1S/C15H15BrN2O4/c1-14-5-2-6-21-11(14)15(12(19)17-13(20)18-15)9-7-8(16)3-4-10(9)22-14/h3-4,7,11H,2,5-6H2,1H3,(H2,17,18,19,20)/t11-,14+,15-/m0/s1. The van der Waals surface area contributed by atoms with Gasteiger partial charge in [-0.05, 0) is 38.0 Å². The Hall–Kier alpha value is -1.60. The second-order valence-corrected chi connectivity index (χ2v) is 7.04. The molecule has 0 radical (unpaired) electrons. The molecule has 2 fully saturated rings. The number of rotatable bonds is 0. The van der Waals surface area contributed by atoms with E-state index in [0.717, 1.165) is 17.3 Å². The zero-order valence-electron chi connectivity index (χ0n) is 11.9. The number of halogens is 1. The fraction of sp³-hybridized carbons (Fsp3) is 0.467. The van der Waals surface area contributed by atoms with Gasteiger partial charge in [0, 0.05) is 16.6 Å². The lowest BCUT2D eigenvalue weighted by Gasteiger charge is -2.52. The van der Waals surface area contributed by atoms with Crippen LogP contribution >= 0.6 is 15.9 Å². The lowest BCUT2D eigenvalue weighted by Crippen LogP contribution is -2.68. The first kappa shape index (κ1) is 14.0. The van der Waals surface area contributed by atoms with Crippen LogP contribution in [0.4, 0.5) is 4.79 Å². The Morgan fingerprint density at radius 1 is 1.36 bits per heavy atom. The molecule has 0 unspecified atom stereocenters. The van der Waals surface area contributed by atoms with Gasteiger partial charge >= 0.3 is 6.03 Å². The van der Waals surface area contributed by atoms with Gasteiger partial charge in [-0.15, -0.1) is 0 Å². The lowest BCUT2D eigenvalue weighted by atomic mass is 9.71. The first-order valence-corrected chi connectivity index (χ1v) is 7.99. The Balaban J connectivity index is 1.98. The number of hydrogen-bond donors (Lipinski definition) is 2. The molecule has 1 aromatic rings. The maximum Gasteiger partial charge on any atom is 0.322 e. The number of benzene rings is 1. The monoisotopic (exact) mass is 366 g/mol. The normalized spacial score (nSPS) is 36.2. The summed E-state index contributed by atoms with van der Waals surface area (Å²) in [6.45, 7) is 2.47. The number of fused-ring (bicyclic) bond motifs is 4. The molecule has 2 saturated heterocycles. The van der Waals surface area contributed by atoms with Crippen LogP contribution in [0.15, 0.2) is 22.7 Å². The summed E-state index contributed by atoms with van der Waals surface area (Å²) in [4.78, 5) is 24.5. The van der Waals surface area contributed by atoms with Gasteiger partial charge in [0.05, 0.1) is 0 Å². The molecular formula is C15H15BrN2O4. The molecule has 116 valence electrons. The third kappa shape index (κ3) is 1.69. The van der Waals surface area contributed by atoms with Crippen molar-refractivity contribution in [2.45, 2.75) is 37.0 Å². The number of amides is 3. The first-order chi connectivity index (χ1) is 10.5. The van der Waals surface area contributed by atoms with E-state index >= 15 is 0 Å². The van der Waals surface area contributed by atoms with E-state index < -0.39 is 29.2 Å². The van der Waals surface area contributed by atoms with E-state index in [-0.39, 0.29) is 0 Å². The molecule has 0 aromatic heterocycles. The Labute approximate surface area is 135 Å². The van der Waals surface area contributed by atoms with Crippen molar-refractivity contribution in [3.05, 3.63) is 28.2 Å². The summed E-state index contributed by atoms with van der Waals surface area (Å²) in [5.74, 6) is 0.211. The van der Waals surface area contributed by atoms with Crippen molar-refractivity contribution in [1.82, 2.24) is 10.6 Å². The average Bonchev–Trinajstić information content (AvgIpc) is 2.75. The van der Waals surface area contributed by atoms with E-state index in [0.29, 0.717) is 17.9 Å². The largest absolute Gasteiger partial charge is 0.484 e. The number of urea groups is 1. The van der Waals surface area contributed by atoms with E-state index in [1.165, 1.54) is 0 Å². The van der Waals surface area contributed by atoms with Gasteiger partial charge in [0.25, 0.3) is 5.91 Å². The summed E-state index contributed by atoms with van der Waals surface area (Å²) >= 11 is 3.42. The molecule has 22 heavy (non-hydrogen) atoms. The smallest absolute Gasteiger partial charge is 0.322 e. The Morgan fingerprint density at radius 2 is 2.18 bits per heavy atom. The summed E-state index contributed by atoms with van der Waals surface area (Å²) < 4.78 is 12.9. The zero-order valence-corrected chi connectivity index (χ0v) is 13.5. The highest BCUT2D eigenvalue weighted by Gasteiger charge is 2.65. The van der Waals surface area contributed by atoms with Gasteiger partial charge < -0.3 is 14.8 Å². The van der Waals surface area contributed by atoms with E-state index in [1.807, 2.05) is 19.1 Å². The second kappa shape index (κ2) is 4.45. The molecule has 1 aromatic carbocycles. The average molecular weight is 367 g/mol. The van der Waals surface area contributed by atoms with Crippen LogP contribution in [0.3, 0.4) is 0 Å². The summed E-state index contributed by atoms with van der Waals surface area (Å²) in [6.07, 6.45) is 1.05. The molecule has 0 aliphatic carbocycles. The molecule has 3 aliphatic heterocycles. The van der Waals surface area contributed by atoms with Gasteiger partial charge in [0.1, 0.15) is 17.5 Å². The van der Waals surface area contributed by atoms with Crippen LogP contribution < -0.4 is 15.4 Å². The molecule has 6 nitrogen and oxygen atoms in total. The van der Waals surface area contributed by atoms with Crippen LogP contribution in [0, 0.1) is 0 Å². The van der Waals surface area contributed by atoms with Crippen molar-refractivity contribution in [1.29, 1.82) is 0 Å². The third-order valence-corrected chi connectivity index (χ3v) is 5.15.